The van der Waals surface area contributed by atoms with Gasteiger partial charge in [-0.15, -0.1) is 12.4 Å². The second kappa shape index (κ2) is 3.52. The van der Waals surface area contributed by atoms with Crippen molar-refractivity contribution in [2.75, 3.05) is 5.73 Å². The number of rotatable bonds is 1. The fourth-order valence-corrected chi connectivity index (χ4v) is 0.596. The standard InChI is InChI=1S/C5H7F2N3.ClH/c1-3-4(8)2-10(9-3)5(6)7;/h2,5H,8H2,1H3;1H. The average Bonchev–Trinajstić information content (AvgIpc) is 2.13. The van der Waals surface area contributed by atoms with Crippen LogP contribution in [0.15, 0.2) is 6.20 Å². The Hall–Kier alpha value is -0.840. The highest BCUT2D eigenvalue weighted by Crippen LogP contribution is 2.13. The molecule has 0 amide bonds. The van der Waals surface area contributed by atoms with Gasteiger partial charge in [0.1, 0.15) is 0 Å². The van der Waals surface area contributed by atoms with Gasteiger partial charge in [-0.05, 0) is 6.92 Å². The van der Waals surface area contributed by atoms with Crippen LogP contribution in [0.1, 0.15) is 12.2 Å². The van der Waals surface area contributed by atoms with E-state index in [-0.39, 0.29) is 12.4 Å². The lowest BCUT2D eigenvalue weighted by Crippen LogP contribution is -1.97. The molecule has 1 heterocycles. The number of nitrogens with two attached hydrogens (primary N) is 1. The monoisotopic (exact) mass is 183 g/mol. The van der Waals surface area contributed by atoms with Crippen LogP contribution >= 0.6 is 12.4 Å². The van der Waals surface area contributed by atoms with E-state index in [1.54, 1.807) is 6.92 Å². The first-order chi connectivity index (χ1) is 4.61. The topological polar surface area (TPSA) is 43.8 Å². The van der Waals surface area contributed by atoms with E-state index in [0.29, 0.717) is 16.1 Å². The molecule has 0 spiro atoms. The molecule has 0 bridgehead atoms. The second-order valence-electron chi connectivity index (χ2n) is 1.93. The number of hydrogen-bond acceptors (Lipinski definition) is 2. The first-order valence-corrected chi connectivity index (χ1v) is 2.70. The van der Waals surface area contributed by atoms with Crippen molar-refractivity contribution in [3.63, 3.8) is 0 Å². The number of aryl methyl sites for hydroxylation is 1. The molecule has 0 saturated heterocycles. The molecule has 64 valence electrons. The minimum absolute atomic E-state index is 0. The highest BCUT2D eigenvalue weighted by molar-refractivity contribution is 5.85. The van der Waals surface area contributed by atoms with Crippen LogP contribution in [0.5, 0.6) is 0 Å². The Bertz CT molecular complexity index is 216. The van der Waals surface area contributed by atoms with Crippen molar-refractivity contribution in [3.05, 3.63) is 11.9 Å². The normalized spacial score (nSPS) is 9.82. The molecule has 0 aliphatic heterocycles. The molecular formula is C5H8ClF2N3. The third kappa shape index (κ3) is 2.04. The maximum atomic E-state index is 11.8. The number of nitrogen functional groups attached to an aromatic ring is 1. The van der Waals surface area contributed by atoms with Crippen LogP contribution in [0.2, 0.25) is 0 Å². The lowest BCUT2D eigenvalue weighted by Gasteiger charge is -1.94. The molecule has 0 fully saturated rings. The summed E-state index contributed by atoms with van der Waals surface area (Å²) >= 11 is 0. The summed E-state index contributed by atoms with van der Waals surface area (Å²) in [6.07, 6.45) is 1.11. The van der Waals surface area contributed by atoms with Crippen LogP contribution in [0, 0.1) is 6.92 Å². The van der Waals surface area contributed by atoms with Crippen molar-refractivity contribution >= 4 is 18.1 Å². The van der Waals surface area contributed by atoms with Gasteiger partial charge in [-0.1, -0.05) is 0 Å². The molecule has 0 aromatic carbocycles. The Kier molecular flexibility index (Phi) is 3.25. The zero-order chi connectivity index (χ0) is 7.72. The Morgan fingerprint density at radius 2 is 2.18 bits per heavy atom. The fraction of sp³-hybridized carbons (Fsp3) is 0.400. The van der Waals surface area contributed by atoms with Gasteiger partial charge in [-0.2, -0.15) is 13.9 Å². The maximum Gasteiger partial charge on any atom is 0.333 e. The van der Waals surface area contributed by atoms with Gasteiger partial charge < -0.3 is 5.73 Å². The summed E-state index contributed by atoms with van der Waals surface area (Å²) in [5, 5.41) is 3.45. The number of anilines is 1. The van der Waals surface area contributed by atoms with E-state index in [9.17, 15) is 8.78 Å². The van der Waals surface area contributed by atoms with Crippen molar-refractivity contribution in [1.82, 2.24) is 9.78 Å². The summed E-state index contributed by atoms with van der Waals surface area (Å²) in [6, 6.07) is 0. The van der Waals surface area contributed by atoms with Gasteiger partial charge in [0.25, 0.3) is 0 Å². The Morgan fingerprint density at radius 1 is 1.64 bits per heavy atom. The van der Waals surface area contributed by atoms with E-state index in [2.05, 4.69) is 5.10 Å². The Labute approximate surface area is 68.6 Å². The molecule has 1 aromatic rings. The van der Waals surface area contributed by atoms with Crippen LogP contribution in [-0.4, -0.2) is 9.78 Å². The summed E-state index contributed by atoms with van der Waals surface area (Å²) in [6.45, 7) is -1.02. The zero-order valence-electron chi connectivity index (χ0n) is 5.79. The third-order valence-corrected chi connectivity index (χ3v) is 1.15. The predicted molar refractivity (Wildman–Crippen MR) is 39.9 cm³/mol. The maximum absolute atomic E-state index is 11.8. The summed E-state index contributed by atoms with van der Waals surface area (Å²) in [5.41, 5.74) is 5.98. The van der Waals surface area contributed by atoms with Gasteiger partial charge in [0.2, 0.25) is 0 Å². The van der Waals surface area contributed by atoms with E-state index in [0.717, 1.165) is 6.20 Å². The SMILES string of the molecule is Cc1nn(C(F)F)cc1N.Cl. The van der Waals surface area contributed by atoms with Crippen LogP contribution in [-0.2, 0) is 0 Å². The largest absolute Gasteiger partial charge is 0.396 e. The molecule has 3 nitrogen and oxygen atoms in total. The van der Waals surface area contributed by atoms with E-state index >= 15 is 0 Å². The minimum atomic E-state index is -2.60. The van der Waals surface area contributed by atoms with E-state index in [1.807, 2.05) is 0 Å². The molecule has 0 atom stereocenters. The van der Waals surface area contributed by atoms with Crippen molar-refractivity contribution in [2.24, 2.45) is 0 Å². The van der Waals surface area contributed by atoms with E-state index in [1.165, 1.54) is 0 Å². The quantitative estimate of drug-likeness (QED) is 0.719. The highest BCUT2D eigenvalue weighted by atomic mass is 35.5. The summed E-state index contributed by atoms with van der Waals surface area (Å²) in [5.74, 6) is 0. The van der Waals surface area contributed by atoms with Gasteiger partial charge >= 0.3 is 6.55 Å². The van der Waals surface area contributed by atoms with Crippen LogP contribution in [0.3, 0.4) is 0 Å². The number of halogens is 3. The molecule has 2 N–H and O–H groups in total. The van der Waals surface area contributed by atoms with Crippen molar-refractivity contribution in [1.29, 1.82) is 0 Å². The van der Waals surface area contributed by atoms with Crippen molar-refractivity contribution in [2.45, 2.75) is 13.5 Å². The van der Waals surface area contributed by atoms with Crippen LogP contribution < -0.4 is 5.73 Å². The summed E-state index contributed by atoms with van der Waals surface area (Å²) in [4.78, 5) is 0. The van der Waals surface area contributed by atoms with Gasteiger partial charge in [0.05, 0.1) is 17.6 Å². The minimum Gasteiger partial charge on any atom is -0.396 e. The molecular weight excluding hydrogens is 176 g/mol. The van der Waals surface area contributed by atoms with Crippen LogP contribution in [0.4, 0.5) is 14.5 Å². The van der Waals surface area contributed by atoms with Crippen molar-refractivity contribution in [3.8, 4) is 0 Å². The van der Waals surface area contributed by atoms with Gasteiger partial charge in [-0.3, -0.25) is 0 Å². The molecule has 11 heavy (non-hydrogen) atoms. The first kappa shape index (κ1) is 10.2. The number of hydrogen-bond donors (Lipinski definition) is 1. The number of nitrogens with zero attached hydrogens (tertiary/aromatic N) is 2. The third-order valence-electron chi connectivity index (χ3n) is 1.15. The summed E-state index contributed by atoms with van der Waals surface area (Å²) in [7, 11) is 0. The highest BCUT2D eigenvalue weighted by Gasteiger charge is 2.07. The lowest BCUT2D eigenvalue weighted by atomic mass is 10.4. The number of aromatic nitrogens is 2. The smallest absolute Gasteiger partial charge is 0.333 e. The van der Waals surface area contributed by atoms with E-state index < -0.39 is 6.55 Å². The first-order valence-electron chi connectivity index (χ1n) is 2.70. The number of alkyl halides is 2. The predicted octanol–water partition coefficient (Wildman–Crippen LogP) is 1.59. The Balaban J connectivity index is 0.000001000. The molecule has 0 radical (unpaired) electrons. The lowest BCUT2D eigenvalue weighted by molar-refractivity contribution is 0.0563. The molecule has 1 rings (SSSR count). The van der Waals surface area contributed by atoms with Crippen molar-refractivity contribution < 1.29 is 8.78 Å². The molecule has 0 unspecified atom stereocenters. The average molecular weight is 184 g/mol. The molecule has 0 saturated carbocycles. The van der Waals surface area contributed by atoms with Crippen LogP contribution in [0.25, 0.3) is 0 Å². The Morgan fingerprint density at radius 3 is 2.36 bits per heavy atom. The summed E-state index contributed by atoms with van der Waals surface area (Å²) < 4.78 is 24.1. The molecule has 6 heteroatoms. The molecule has 1 aromatic heterocycles. The van der Waals surface area contributed by atoms with Gasteiger partial charge in [0, 0.05) is 0 Å². The fourth-order valence-electron chi connectivity index (χ4n) is 0.596. The van der Waals surface area contributed by atoms with E-state index in [4.69, 9.17) is 5.73 Å². The molecule has 0 aliphatic carbocycles. The second-order valence-corrected chi connectivity index (χ2v) is 1.93. The van der Waals surface area contributed by atoms with Gasteiger partial charge in [-0.25, -0.2) is 4.68 Å². The zero-order valence-corrected chi connectivity index (χ0v) is 6.61. The van der Waals surface area contributed by atoms with Gasteiger partial charge in [0.15, 0.2) is 0 Å². The molecule has 0 aliphatic rings.